The normalized spacial score (nSPS) is 11.0. The Balaban J connectivity index is 1.51. The lowest BCUT2D eigenvalue weighted by Crippen LogP contribution is -1.92. The zero-order valence-electron chi connectivity index (χ0n) is 12.1. The second-order valence-corrected chi connectivity index (χ2v) is 6.04. The number of benzene rings is 2. The molecule has 0 amide bonds. The number of rotatable bonds is 6. The van der Waals surface area contributed by atoms with Crippen molar-refractivity contribution in [2.75, 3.05) is 5.43 Å². The van der Waals surface area contributed by atoms with Crippen LogP contribution in [0.5, 0.6) is 0 Å². The van der Waals surface area contributed by atoms with Crippen molar-refractivity contribution in [3.05, 3.63) is 70.7 Å². The van der Waals surface area contributed by atoms with Gasteiger partial charge in [0.15, 0.2) is 0 Å². The van der Waals surface area contributed by atoms with Gasteiger partial charge in [0, 0.05) is 10.8 Å². The summed E-state index contributed by atoms with van der Waals surface area (Å²) in [5, 5.41) is 12.5. The van der Waals surface area contributed by atoms with Crippen molar-refractivity contribution < 1.29 is 0 Å². The van der Waals surface area contributed by atoms with Gasteiger partial charge in [0.25, 0.3) is 0 Å². The average molecular weight is 344 g/mol. The van der Waals surface area contributed by atoms with Gasteiger partial charge in [0.1, 0.15) is 0 Å². The average Bonchev–Trinajstić information content (AvgIpc) is 3.03. The van der Waals surface area contributed by atoms with Crippen LogP contribution in [-0.2, 0) is 5.75 Å². The molecule has 0 saturated heterocycles. The maximum absolute atomic E-state index is 5.87. The first-order chi connectivity index (χ1) is 11.3. The summed E-state index contributed by atoms with van der Waals surface area (Å²) < 4.78 is 0. The Kier molecular flexibility index (Phi) is 5.29. The van der Waals surface area contributed by atoms with Crippen LogP contribution in [0.15, 0.2) is 64.9 Å². The summed E-state index contributed by atoms with van der Waals surface area (Å²) in [5.74, 6) is 1.29. The highest BCUT2D eigenvalue weighted by molar-refractivity contribution is 7.98. The van der Waals surface area contributed by atoms with Crippen molar-refractivity contribution >= 4 is 35.5 Å². The molecule has 0 spiro atoms. The maximum atomic E-state index is 5.87. The van der Waals surface area contributed by atoms with Gasteiger partial charge in [0.05, 0.1) is 6.21 Å². The van der Waals surface area contributed by atoms with E-state index in [-0.39, 0.29) is 0 Å². The Morgan fingerprint density at radius 2 is 1.91 bits per heavy atom. The molecule has 2 aromatic carbocycles. The SMILES string of the molecule is Clc1ccc(CSc2n[nH]c(N/N=C\c3ccccc3)n2)cc1. The van der Waals surface area contributed by atoms with Gasteiger partial charge >= 0.3 is 0 Å². The van der Waals surface area contributed by atoms with E-state index in [1.165, 1.54) is 5.56 Å². The number of thioether (sulfide) groups is 1. The first kappa shape index (κ1) is 15.6. The topological polar surface area (TPSA) is 66.0 Å². The minimum atomic E-state index is 0.510. The largest absolute Gasteiger partial charge is 0.246 e. The molecule has 0 unspecified atom stereocenters. The van der Waals surface area contributed by atoms with E-state index in [0.29, 0.717) is 11.1 Å². The molecule has 3 aromatic rings. The number of hydrogen-bond donors (Lipinski definition) is 2. The Morgan fingerprint density at radius 3 is 2.70 bits per heavy atom. The number of anilines is 1. The first-order valence-electron chi connectivity index (χ1n) is 6.93. The zero-order chi connectivity index (χ0) is 15.9. The fourth-order valence-corrected chi connectivity index (χ4v) is 2.68. The second kappa shape index (κ2) is 7.80. The third-order valence-corrected chi connectivity index (χ3v) is 4.10. The fourth-order valence-electron chi connectivity index (χ4n) is 1.80. The summed E-state index contributed by atoms with van der Waals surface area (Å²) in [6, 6.07) is 17.6. The number of nitrogens with zero attached hydrogens (tertiary/aromatic N) is 3. The van der Waals surface area contributed by atoms with Crippen molar-refractivity contribution in [3.63, 3.8) is 0 Å². The molecule has 3 rings (SSSR count). The minimum absolute atomic E-state index is 0.510. The van der Waals surface area contributed by atoms with E-state index in [1.807, 2.05) is 54.6 Å². The fraction of sp³-hybridized carbons (Fsp3) is 0.0625. The molecule has 1 aromatic heterocycles. The molecule has 7 heteroatoms. The smallest absolute Gasteiger partial charge is 0.240 e. The van der Waals surface area contributed by atoms with Crippen LogP contribution in [0.2, 0.25) is 5.02 Å². The third kappa shape index (κ3) is 4.84. The van der Waals surface area contributed by atoms with Crippen molar-refractivity contribution in [1.29, 1.82) is 0 Å². The van der Waals surface area contributed by atoms with Crippen molar-refractivity contribution in [1.82, 2.24) is 15.2 Å². The molecule has 0 radical (unpaired) electrons. The van der Waals surface area contributed by atoms with E-state index in [9.17, 15) is 0 Å². The van der Waals surface area contributed by atoms with E-state index < -0.39 is 0 Å². The summed E-state index contributed by atoms with van der Waals surface area (Å²) in [4.78, 5) is 4.32. The second-order valence-electron chi connectivity index (χ2n) is 4.66. The van der Waals surface area contributed by atoms with Crippen LogP contribution in [-0.4, -0.2) is 21.4 Å². The van der Waals surface area contributed by atoms with Gasteiger partial charge in [-0.1, -0.05) is 65.8 Å². The monoisotopic (exact) mass is 343 g/mol. The summed E-state index contributed by atoms with van der Waals surface area (Å²) in [6.45, 7) is 0. The molecule has 0 aliphatic heterocycles. The number of hydrazone groups is 1. The van der Waals surface area contributed by atoms with Gasteiger partial charge < -0.3 is 0 Å². The molecule has 0 aliphatic rings. The molecule has 0 bridgehead atoms. The lowest BCUT2D eigenvalue weighted by molar-refractivity contribution is 0.972. The highest BCUT2D eigenvalue weighted by Gasteiger charge is 2.03. The quantitative estimate of drug-likeness (QED) is 0.400. The molecule has 0 aliphatic carbocycles. The molecule has 5 nitrogen and oxygen atoms in total. The zero-order valence-corrected chi connectivity index (χ0v) is 13.7. The third-order valence-electron chi connectivity index (χ3n) is 2.93. The first-order valence-corrected chi connectivity index (χ1v) is 8.30. The van der Waals surface area contributed by atoms with Gasteiger partial charge in [-0.25, -0.2) is 10.5 Å². The van der Waals surface area contributed by atoms with Crippen LogP contribution in [0.25, 0.3) is 0 Å². The van der Waals surface area contributed by atoms with E-state index in [4.69, 9.17) is 11.6 Å². The van der Waals surface area contributed by atoms with Gasteiger partial charge in [-0.3, -0.25) is 0 Å². The maximum Gasteiger partial charge on any atom is 0.240 e. The highest BCUT2D eigenvalue weighted by atomic mass is 35.5. The molecule has 2 N–H and O–H groups in total. The lowest BCUT2D eigenvalue weighted by atomic mass is 10.2. The van der Waals surface area contributed by atoms with Crippen LogP contribution >= 0.6 is 23.4 Å². The van der Waals surface area contributed by atoms with Gasteiger partial charge in [0.2, 0.25) is 11.1 Å². The highest BCUT2D eigenvalue weighted by Crippen LogP contribution is 2.21. The van der Waals surface area contributed by atoms with Crippen LogP contribution in [0.4, 0.5) is 5.95 Å². The summed E-state index contributed by atoms with van der Waals surface area (Å²) in [7, 11) is 0. The molecule has 1 heterocycles. The van der Waals surface area contributed by atoms with Crippen molar-refractivity contribution in [2.45, 2.75) is 10.9 Å². The van der Waals surface area contributed by atoms with Crippen LogP contribution < -0.4 is 5.43 Å². The Hall–Kier alpha value is -2.31. The summed E-state index contributed by atoms with van der Waals surface area (Å²) in [5.41, 5.74) is 5.01. The molecule has 23 heavy (non-hydrogen) atoms. The van der Waals surface area contributed by atoms with E-state index in [0.717, 1.165) is 16.3 Å². The minimum Gasteiger partial charge on any atom is -0.246 e. The standard InChI is InChI=1S/C16H14ClN5S/c17-14-8-6-13(7-9-14)11-23-16-19-15(21-22-16)20-18-10-12-4-2-1-3-5-12/h1-10H,11H2,(H2,19,20,21,22)/b18-10-. The number of hydrogen-bond acceptors (Lipinski definition) is 5. The molecule has 0 saturated carbocycles. The number of nitrogens with one attached hydrogen (secondary N) is 2. The molecular formula is C16H14ClN5S. The summed E-state index contributed by atoms with van der Waals surface area (Å²) >= 11 is 7.41. The number of aromatic amines is 1. The van der Waals surface area contributed by atoms with E-state index in [2.05, 4.69) is 25.7 Å². The number of aromatic nitrogens is 3. The van der Waals surface area contributed by atoms with Crippen LogP contribution in [0, 0.1) is 0 Å². The van der Waals surface area contributed by atoms with Crippen LogP contribution in [0.1, 0.15) is 11.1 Å². The molecule has 116 valence electrons. The predicted molar refractivity (Wildman–Crippen MR) is 95.1 cm³/mol. The van der Waals surface area contributed by atoms with Gasteiger partial charge in [-0.2, -0.15) is 10.1 Å². The Morgan fingerprint density at radius 1 is 1.13 bits per heavy atom. The van der Waals surface area contributed by atoms with E-state index >= 15 is 0 Å². The predicted octanol–water partition coefficient (Wildman–Crippen LogP) is 4.20. The summed E-state index contributed by atoms with van der Waals surface area (Å²) in [6.07, 6.45) is 1.73. The Bertz CT molecular complexity index is 771. The number of halogens is 1. The van der Waals surface area contributed by atoms with Gasteiger partial charge in [-0.05, 0) is 23.3 Å². The number of H-pyrrole nitrogens is 1. The molecule has 0 atom stereocenters. The molecular weight excluding hydrogens is 330 g/mol. The lowest BCUT2D eigenvalue weighted by Gasteiger charge is -1.98. The van der Waals surface area contributed by atoms with Gasteiger partial charge in [-0.15, -0.1) is 5.10 Å². The Labute approximate surface area is 143 Å². The van der Waals surface area contributed by atoms with Crippen molar-refractivity contribution in [2.24, 2.45) is 5.10 Å². The molecule has 0 fully saturated rings. The van der Waals surface area contributed by atoms with Crippen LogP contribution in [0.3, 0.4) is 0 Å². The van der Waals surface area contributed by atoms with E-state index in [1.54, 1.807) is 18.0 Å². The van der Waals surface area contributed by atoms with Crippen molar-refractivity contribution in [3.8, 4) is 0 Å².